The van der Waals surface area contributed by atoms with E-state index in [1.165, 1.54) is 23.7 Å². The SMILES string of the molecule is CCN(CC)c1nc(Cc2ccc(F)cc2)ns1. The summed E-state index contributed by atoms with van der Waals surface area (Å²) in [4.78, 5) is 6.68. The van der Waals surface area contributed by atoms with Crippen LogP contribution in [-0.4, -0.2) is 22.4 Å². The molecule has 0 aliphatic heterocycles. The van der Waals surface area contributed by atoms with Crippen LogP contribution in [0.25, 0.3) is 0 Å². The summed E-state index contributed by atoms with van der Waals surface area (Å²) in [5.41, 5.74) is 1.03. The van der Waals surface area contributed by atoms with Crippen LogP contribution in [0, 0.1) is 5.82 Å². The summed E-state index contributed by atoms with van der Waals surface area (Å²) >= 11 is 1.42. The third-order valence-electron chi connectivity index (χ3n) is 2.77. The van der Waals surface area contributed by atoms with Crippen LogP contribution in [0.5, 0.6) is 0 Å². The molecule has 0 fully saturated rings. The maximum Gasteiger partial charge on any atom is 0.205 e. The van der Waals surface area contributed by atoms with Gasteiger partial charge in [0.1, 0.15) is 11.6 Å². The first kappa shape index (κ1) is 13.0. The molecule has 0 unspecified atom stereocenters. The molecule has 96 valence electrons. The summed E-state index contributed by atoms with van der Waals surface area (Å²) in [5.74, 6) is 0.585. The van der Waals surface area contributed by atoms with Crippen molar-refractivity contribution in [2.75, 3.05) is 18.0 Å². The second-order valence-corrected chi connectivity index (χ2v) is 4.70. The lowest BCUT2D eigenvalue weighted by Gasteiger charge is -2.15. The van der Waals surface area contributed by atoms with Crippen molar-refractivity contribution < 1.29 is 4.39 Å². The first-order valence-electron chi connectivity index (χ1n) is 6.05. The van der Waals surface area contributed by atoms with E-state index in [1.54, 1.807) is 12.1 Å². The molecule has 1 aromatic heterocycles. The molecule has 0 radical (unpaired) electrons. The predicted molar refractivity (Wildman–Crippen MR) is 72.7 cm³/mol. The number of halogens is 1. The van der Waals surface area contributed by atoms with Gasteiger partial charge in [0.2, 0.25) is 5.13 Å². The van der Waals surface area contributed by atoms with E-state index >= 15 is 0 Å². The number of nitrogens with zero attached hydrogens (tertiary/aromatic N) is 3. The molecule has 0 spiro atoms. The first-order chi connectivity index (χ1) is 8.72. The molecule has 0 N–H and O–H groups in total. The number of hydrogen-bond donors (Lipinski definition) is 0. The van der Waals surface area contributed by atoms with Gasteiger partial charge in [-0.2, -0.15) is 4.37 Å². The molecule has 0 amide bonds. The van der Waals surface area contributed by atoms with Crippen LogP contribution in [0.15, 0.2) is 24.3 Å². The van der Waals surface area contributed by atoms with Gasteiger partial charge < -0.3 is 4.90 Å². The van der Waals surface area contributed by atoms with E-state index in [2.05, 4.69) is 28.1 Å². The monoisotopic (exact) mass is 265 g/mol. The Morgan fingerprint density at radius 1 is 1.17 bits per heavy atom. The van der Waals surface area contributed by atoms with Crippen molar-refractivity contribution in [2.24, 2.45) is 0 Å². The van der Waals surface area contributed by atoms with Crippen LogP contribution in [0.3, 0.4) is 0 Å². The van der Waals surface area contributed by atoms with Gasteiger partial charge in [0, 0.05) is 31.0 Å². The average molecular weight is 265 g/mol. The van der Waals surface area contributed by atoms with Gasteiger partial charge in [0.15, 0.2) is 0 Å². The van der Waals surface area contributed by atoms with Crippen LogP contribution in [0.2, 0.25) is 0 Å². The van der Waals surface area contributed by atoms with Gasteiger partial charge in [-0.1, -0.05) is 12.1 Å². The fraction of sp³-hybridized carbons (Fsp3) is 0.385. The standard InChI is InChI=1S/C13H16FN3S/c1-3-17(4-2)13-15-12(16-18-13)9-10-5-7-11(14)8-6-10/h5-8H,3-4,9H2,1-2H3. The minimum Gasteiger partial charge on any atom is -0.347 e. The fourth-order valence-corrected chi connectivity index (χ4v) is 2.54. The minimum absolute atomic E-state index is 0.214. The Morgan fingerprint density at radius 3 is 2.44 bits per heavy atom. The smallest absolute Gasteiger partial charge is 0.205 e. The van der Waals surface area contributed by atoms with Crippen LogP contribution >= 0.6 is 11.5 Å². The van der Waals surface area contributed by atoms with Crippen molar-refractivity contribution in [3.05, 3.63) is 41.5 Å². The van der Waals surface area contributed by atoms with Gasteiger partial charge in [-0.3, -0.25) is 0 Å². The number of hydrogen-bond acceptors (Lipinski definition) is 4. The molecule has 0 atom stereocenters. The highest BCUT2D eigenvalue weighted by atomic mass is 32.1. The van der Waals surface area contributed by atoms with Gasteiger partial charge in [-0.15, -0.1) is 0 Å². The van der Waals surface area contributed by atoms with Crippen molar-refractivity contribution in [1.82, 2.24) is 9.36 Å². The molecule has 3 nitrogen and oxygen atoms in total. The minimum atomic E-state index is -0.214. The van der Waals surface area contributed by atoms with Crippen LogP contribution < -0.4 is 4.90 Å². The van der Waals surface area contributed by atoms with Crippen LogP contribution in [0.4, 0.5) is 9.52 Å². The van der Waals surface area contributed by atoms with E-state index in [9.17, 15) is 4.39 Å². The van der Waals surface area contributed by atoms with E-state index in [4.69, 9.17) is 0 Å². The van der Waals surface area contributed by atoms with E-state index in [-0.39, 0.29) is 5.82 Å². The first-order valence-corrected chi connectivity index (χ1v) is 6.82. The Bertz CT molecular complexity index is 491. The van der Waals surface area contributed by atoms with Crippen LogP contribution in [0.1, 0.15) is 25.2 Å². The summed E-state index contributed by atoms with van der Waals surface area (Å²) in [6, 6.07) is 6.47. The number of benzene rings is 1. The molecule has 1 aromatic carbocycles. The van der Waals surface area contributed by atoms with Crippen molar-refractivity contribution in [3.8, 4) is 0 Å². The average Bonchev–Trinajstić information content (AvgIpc) is 2.82. The summed E-state index contributed by atoms with van der Waals surface area (Å²) < 4.78 is 17.1. The Morgan fingerprint density at radius 2 is 1.83 bits per heavy atom. The Labute approximate surface area is 110 Å². The zero-order valence-corrected chi connectivity index (χ0v) is 11.4. The van der Waals surface area contributed by atoms with Crippen LogP contribution in [-0.2, 0) is 6.42 Å². The van der Waals surface area contributed by atoms with Gasteiger partial charge in [-0.25, -0.2) is 9.37 Å². The molecular formula is C13H16FN3S. The summed E-state index contributed by atoms with van der Waals surface area (Å²) in [6.45, 7) is 6.07. The van der Waals surface area contributed by atoms with E-state index in [0.29, 0.717) is 6.42 Å². The number of anilines is 1. The molecule has 1 heterocycles. The highest BCUT2D eigenvalue weighted by molar-refractivity contribution is 7.09. The molecule has 0 bridgehead atoms. The highest BCUT2D eigenvalue weighted by Gasteiger charge is 2.09. The Kier molecular flexibility index (Phi) is 4.25. The number of rotatable bonds is 5. The summed E-state index contributed by atoms with van der Waals surface area (Å²) in [5, 5.41) is 0.956. The lowest BCUT2D eigenvalue weighted by Crippen LogP contribution is -2.21. The van der Waals surface area contributed by atoms with E-state index in [0.717, 1.165) is 29.6 Å². The molecule has 5 heteroatoms. The summed E-state index contributed by atoms with van der Waals surface area (Å²) in [7, 11) is 0. The molecule has 18 heavy (non-hydrogen) atoms. The second-order valence-electron chi connectivity index (χ2n) is 3.97. The second kappa shape index (κ2) is 5.91. The third-order valence-corrected chi connectivity index (χ3v) is 3.58. The fourth-order valence-electron chi connectivity index (χ4n) is 1.72. The lowest BCUT2D eigenvalue weighted by molar-refractivity contribution is 0.627. The quantitative estimate of drug-likeness (QED) is 0.831. The molecule has 2 aromatic rings. The van der Waals surface area contributed by atoms with Crippen molar-refractivity contribution in [2.45, 2.75) is 20.3 Å². The molecular weight excluding hydrogens is 249 g/mol. The molecule has 0 saturated heterocycles. The predicted octanol–water partition coefficient (Wildman–Crippen LogP) is 3.11. The number of aromatic nitrogens is 2. The lowest BCUT2D eigenvalue weighted by atomic mass is 10.1. The highest BCUT2D eigenvalue weighted by Crippen LogP contribution is 2.18. The molecule has 0 saturated carbocycles. The van der Waals surface area contributed by atoms with Gasteiger partial charge >= 0.3 is 0 Å². The third kappa shape index (κ3) is 3.04. The Hall–Kier alpha value is -1.49. The van der Waals surface area contributed by atoms with Crippen molar-refractivity contribution >= 4 is 16.7 Å². The van der Waals surface area contributed by atoms with E-state index < -0.39 is 0 Å². The van der Waals surface area contributed by atoms with Gasteiger partial charge in [0.05, 0.1) is 0 Å². The van der Waals surface area contributed by atoms with Crippen molar-refractivity contribution in [3.63, 3.8) is 0 Å². The summed E-state index contributed by atoms with van der Waals surface area (Å²) in [6.07, 6.45) is 0.651. The normalized spacial score (nSPS) is 10.6. The van der Waals surface area contributed by atoms with Gasteiger partial charge in [0.25, 0.3) is 0 Å². The molecule has 0 aliphatic carbocycles. The zero-order valence-electron chi connectivity index (χ0n) is 10.6. The van der Waals surface area contributed by atoms with Crippen molar-refractivity contribution in [1.29, 1.82) is 0 Å². The molecule has 0 aliphatic rings. The maximum absolute atomic E-state index is 12.8. The van der Waals surface area contributed by atoms with Gasteiger partial charge in [-0.05, 0) is 31.5 Å². The largest absolute Gasteiger partial charge is 0.347 e. The van der Waals surface area contributed by atoms with E-state index in [1.807, 2.05) is 0 Å². The maximum atomic E-state index is 12.8. The molecule has 2 rings (SSSR count). The Balaban J connectivity index is 2.08. The zero-order chi connectivity index (χ0) is 13.0. The topological polar surface area (TPSA) is 29.0 Å².